The van der Waals surface area contributed by atoms with E-state index in [1.807, 2.05) is 26.0 Å². The van der Waals surface area contributed by atoms with Gasteiger partial charge in [-0.05, 0) is 43.6 Å². The van der Waals surface area contributed by atoms with Crippen LogP contribution in [0.25, 0.3) is 0 Å². The molecule has 0 aliphatic carbocycles. The van der Waals surface area contributed by atoms with E-state index in [2.05, 4.69) is 10.5 Å². The Morgan fingerprint density at radius 2 is 2.05 bits per heavy atom. The number of halogens is 2. The number of benzene rings is 1. The first kappa shape index (κ1) is 17.1. The van der Waals surface area contributed by atoms with Crippen molar-refractivity contribution < 1.29 is 5.21 Å². The molecule has 0 aromatic heterocycles. The van der Waals surface area contributed by atoms with E-state index < -0.39 is 0 Å². The van der Waals surface area contributed by atoms with Gasteiger partial charge in [-0.15, -0.1) is 0 Å². The van der Waals surface area contributed by atoms with E-state index in [1.54, 1.807) is 6.07 Å². The number of amidine groups is 1. The van der Waals surface area contributed by atoms with Crippen molar-refractivity contribution >= 4 is 29.0 Å². The molecule has 0 radical (unpaired) electrons. The van der Waals surface area contributed by atoms with Crippen LogP contribution < -0.4 is 11.1 Å². The summed E-state index contributed by atoms with van der Waals surface area (Å²) in [6.45, 7) is 5.49. The van der Waals surface area contributed by atoms with Gasteiger partial charge in [0.15, 0.2) is 0 Å². The molecule has 0 aliphatic heterocycles. The Hall–Kier alpha value is -0.970. The Bertz CT molecular complexity index is 475. The smallest absolute Gasteiger partial charge is 0.144 e. The van der Waals surface area contributed by atoms with Crippen molar-refractivity contribution in [2.45, 2.75) is 26.7 Å². The topological polar surface area (TPSA) is 70.6 Å². The third-order valence-electron chi connectivity index (χ3n) is 3.31. The van der Waals surface area contributed by atoms with Crippen molar-refractivity contribution in [1.82, 2.24) is 5.32 Å². The predicted molar refractivity (Wildman–Crippen MR) is 84.8 cm³/mol. The van der Waals surface area contributed by atoms with Gasteiger partial charge in [0.2, 0.25) is 0 Å². The Morgan fingerprint density at radius 3 is 2.65 bits per heavy atom. The molecule has 1 aromatic carbocycles. The van der Waals surface area contributed by atoms with Gasteiger partial charge in [-0.1, -0.05) is 48.3 Å². The summed E-state index contributed by atoms with van der Waals surface area (Å²) in [6.07, 6.45) is 1.62. The van der Waals surface area contributed by atoms with E-state index in [4.69, 9.17) is 34.1 Å². The van der Waals surface area contributed by atoms with Crippen LogP contribution in [0.15, 0.2) is 23.4 Å². The minimum Gasteiger partial charge on any atom is -0.409 e. The molecule has 20 heavy (non-hydrogen) atoms. The van der Waals surface area contributed by atoms with E-state index in [0.29, 0.717) is 10.0 Å². The molecule has 0 bridgehead atoms. The van der Waals surface area contributed by atoms with Gasteiger partial charge in [-0.25, -0.2) is 0 Å². The van der Waals surface area contributed by atoms with Gasteiger partial charge in [-0.3, -0.25) is 0 Å². The number of nitrogens with two attached hydrogens (primary N) is 1. The first-order valence-electron chi connectivity index (χ1n) is 6.49. The molecule has 0 unspecified atom stereocenters. The molecule has 4 nitrogen and oxygen atoms in total. The van der Waals surface area contributed by atoms with E-state index in [1.165, 1.54) is 0 Å². The number of rotatable bonds is 7. The Balaban J connectivity index is 2.32. The standard InChI is InChI=1S/C14H21Cl2N3O/c1-14(2,13(17)19-20)6-8-18-7-5-10-3-4-11(15)9-12(10)16/h3-4,9,18,20H,5-8H2,1-2H3,(H2,17,19). The monoisotopic (exact) mass is 317 g/mol. The van der Waals surface area contributed by atoms with Crippen LogP contribution in [0.5, 0.6) is 0 Å². The summed E-state index contributed by atoms with van der Waals surface area (Å²) in [5.41, 5.74) is 6.38. The van der Waals surface area contributed by atoms with Crippen LogP contribution in [0.3, 0.4) is 0 Å². The fourth-order valence-corrected chi connectivity index (χ4v) is 2.24. The molecule has 0 spiro atoms. The summed E-state index contributed by atoms with van der Waals surface area (Å²) < 4.78 is 0. The van der Waals surface area contributed by atoms with Gasteiger partial charge in [0.25, 0.3) is 0 Å². The Morgan fingerprint density at radius 1 is 1.35 bits per heavy atom. The van der Waals surface area contributed by atoms with E-state index >= 15 is 0 Å². The van der Waals surface area contributed by atoms with Gasteiger partial charge in [0.05, 0.1) is 0 Å². The molecule has 0 heterocycles. The zero-order chi connectivity index (χ0) is 15.2. The second-order valence-electron chi connectivity index (χ2n) is 5.35. The molecule has 0 saturated carbocycles. The lowest BCUT2D eigenvalue weighted by Crippen LogP contribution is -2.35. The maximum Gasteiger partial charge on any atom is 0.144 e. The van der Waals surface area contributed by atoms with Crippen molar-refractivity contribution in [3.8, 4) is 0 Å². The molecular formula is C14H21Cl2N3O. The number of nitrogens with one attached hydrogen (secondary N) is 1. The zero-order valence-corrected chi connectivity index (χ0v) is 13.3. The van der Waals surface area contributed by atoms with Crippen molar-refractivity contribution in [2.75, 3.05) is 13.1 Å². The normalized spacial score (nSPS) is 12.7. The number of hydrogen-bond acceptors (Lipinski definition) is 3. The molecule has 0 amide bonds. The van der Waals surface area contributed by atoms with Crippen LogP contribution in [0.1, 0.15) is 25.8 Å². The zero-order valence-electron chi connectivity index (χ0n) is 11.8. The maximum atomic E-state index is 8.69. The molecule has 112 valence electrons. The lowest BCUT2D eigenvalue weighted by Gasteiger charge is -2.22. The lowest BCUT2D eigenvalue weighted by molar-refractivity contribution is 0.305. The van der Waals surface area contributed by atoms with Crippen molar-refractivity contribution in [3.63, 3.8) is 0 Å². The predicted octanol–water partition coefficient (Wildman–Crippen LogP) is 3.29. The van der Waals surface area contributed by atoms with E-state index in [9.17, 15) is 0 Å². The van der Waals surface area contributed by atoms with Crippen molar-refractivity contribution in [1.29, 1.82) is 0 Å². The molecule has 4 N–H and O–H groups in total. The van der Waals surface area contributed by atoms with Crippen LogP contribution in [-0.2, 0) is 6.42 Å². The average Bonchev–Trinajstić information content (AvgIpc) is 2.39. The summed E-state index contributed by atoms with van der Waals surface area (Å²) in [7, 11) is 0. The highest BCUT2D eigenvalue weighted by molar-refractivity contribution is 6.35. The third-order valence-corrected chi connectivity index (χ3v) is 3.90. The number of hydrogen-bond donors (Lipinski definition) is 3. The van der Waals surface area contributed by atoms with Crippen LogP contribution in [0, 0.1) is 5.41 Å². The molecule has 6 heteroatoms. The fourth-order valence-electron chi connectivity index (χ4n) is 1.74. The maximum absolute atomic E-state index is 8.69. The summed E-state index contributed by atoms with van der Waals surface area (Å²) in [5, 5.41) is 16.4. The average molecular weight is 318 g/mol. The summed E-state index contributed by atoms with van der Waals surface area (Å²) in [6, 6.07) is 5.52. The largest absolute Gasteiger partial charge is 0.409 e. The van der Waals surface area contributed by atoms with Gasteiger partial charge in [0, 0.05) is 15.5 Å². The summed E-state index contributed by atoms with van der Waals surface area (Å²) >= 11 is 12.0. The second-order valence-corrected chi connectivity index (χ2v) is 6.20. The van der Waals surface area contributed by atoms with E-state index in [0.717, 1.165) is 31.5 Å². The first-order chi connectivity index (χ1) is 9.36. The SMILES string of the molecule is CC(C)(CCNCCc1ccc(Cl)cc1Cl)C(N)=NO. The minimum atomic E-state index is -0.320. The van der Waals surface area contributed by atoms with Gasteiger partial charge in [-0.2, -0.15) is 0 Å². The quantitative estimate of drug-likeness (QED) is 0.237. The molecule has 0 atom stereocenters. The van der Waals surface area contributed by atoms with Gasteiger partial charge in [0.1, 0.15) is 5.84 Å². The minimum absolute atomic E-state index is 0.250. The van der Waals surface area contributed by atoms with Gasteiger partial charge >= 0.3 is 0 Å². The molecule has 0 saturated heterocycles. The third kappa shape index (κ3) is 5.19. The highest BCUT2D eigenvalue weighted by atomic mass is 35.5. The molecular weight excluding hydrogens is 297 g/mol. The second kappa shape index (κ2) is 7.72. The van der Waals surface area contributed by atoms with Crippen LogP contribution >= 0.6 is 23.2 Å². The summed E-state index contributed by atoms with van der Waals surface area (Å²) in [5.74, 6) is 0.250. The van der Waals surface area contributed by atoms with E-state index in [-0.39, 0.29) is 11.3 Å². The first-order valence-corrected chi connectivity index (χ1v) is 7.25. The summed E-state index contributed by atoms with van der Waals surface area (Å²) in [4.78, 5) is 0. The molecule has 0 fully saturated rings. The highest BCUT2D eigenvalue weighted by Gasteiger charge is 2.22. The van der Waals surface area contributed by atoms with Crippen molar-refractivity contribution in [3.05, 3.63) is 33.8 Å². The van der Waals surface area contributed by atoms with Crippen LogP contribution in [0.4, 0.5) is 0 Å². The number of oxime groups is 1. The van der Waals surface area contributed by atoms with Gasteiger partial charge < -0.3 is 16.3 Å². The van der Waals surface area contributed by atoms with Crippen LogP contribution in [-0.4, -0.2) is 24.1 Å². The number of nitrogens with zero attached hydrogens (tertiary/aromatic N) is 1. The lowest BCUT2D eigenvalue weighted by atomic mass is 9.88. The Labute approximate surface area is 129 Å². The molecule has 1 aromatic rings. The molecule has 1 rings (SSSR count). The highest BCUT2D eigenvalue weighted by Crippen LogP contribution is 2.21. The van der Waals surface area contributed by atoms with Crippen LogP contribution in [0.2, 0.25) is 10.0 Å². The molecule has 0 aliphatic rings. The van der Waals surface area contributed by atoms with Crippen molar-refractivity contribution in [2.24, 2.45) is 16.3 Å². The fraction of sp³-hybridized carbons (Fsp3) is 0.500. The Kier molecular flexibility index (Phi) is 6.59.